The van der Waals surface area contributed by atoms with Crippen molar-refractivity contribution in [3.05, 3.63) is 54.1 Å². The second-order valence-electron chi connectivity index (χ2n) is 9.24. The first-order chi connectivity index (χ1) is 15.3. The zero-order valence-corrected chi connectivity index (χ0v) is 18.2. The van der Waals surface area contributed by atoms with Crippen LogP contribution in [-0.4, -0.2) is 47.1 Å². The Bertz CT molecular complexity index is 1110. The molecule has 2 aromatic rings. The zero-order chi connectivity index (χ0) is 22.5. The molecule has 0 radical (unpaired) electrons. The van der Waals surface area contributed by atoms with Gasteiger partial charge < -0.3 is 20.3 Å². The van der Waals surface area contributed by atoms with Gasteiger partial charge in [0.05, 0.1) is 12.2 Å². The molecule has 5 rings (SSSR count). The molecular formula is C24H26N4O4. The molecule has 5 amide bonds. The molecule has 0 aliphatic carbocycles. The number of para-hydroxylation sites is 1. The molecule has 1 unspecified atom stereocenters. The molecule has 2 aromatic carbocycles. The number of nitrogens with one attached hydrogen (secondary N) is 2. The highest BCUT2D eigenvalue weighted by atomic mass is 16.5. The van der Waals surface area contributed by atoms with E-state index in [4.69, 9.17) is 4.74 Å². The third kappa shape index (κ3) is 3.45. The normalized spacial score (nSPS) is 23.7. The van der Waals surface area contributed by atoms with Crippen molar-refractivity contribution in [2.24, 2.45) is 0 Å². The standard InChI is InChI=1S/C24H26N4O4/c1-23(2)20(29)28(22(31)26-23)18-8-5-7-17(14-18)25-21(30)27-13-12-24(15-27)11-10-16-6-3-4-9-19(16)32-24/h3-9,14H,10-13,15H2,1-2H3,(H,25,30)(H,26,31). The van der Waals surface area contributed by atoms with Gasteiger partial charge in [0.2, 0.25) is 0 Å². The molecule has 2 saturated heterocycles. The molecule has 32 heavy (non-hydrogen) atoms. The van der Waals surface area contributed by atoms with Crippen molar-refractivity contribution in [2.45, 2.75) is 44.2 Å². The Hall–Kier alpha value is -3.55. The van der Waals surface area contributed by atoms with E-state index < -0.39 is 11.6 Å². The zero-order valence-electron chi connectivity index (χ0n) is 18.2. The Balaban J connectivity index is 1.27. The van der Waals surface area contributed by atoms with E-state index in [9.17, 15) is 14.4 Å². The van der Waals surface area contributed by atoms with Crippen LogP contribution in [-0.2, 0) is 11.2 Å². The third-order valence-corrected chi connectivity index (χ3v) is 6.47. The summed E-state index contributed by atoms with van der Waals surface area (Å²) >= 11 is 0. The lowest BCUT2D eigenvalue weighted by Gasteiger charge is -2.35. The minimum atomic E-state index is -0.960. The number of ether oxygens (including phenoxy) is 1. The summed E-state index contributed by atoms with van der Waals surface area (Å²) in [5.41, 5.74) is 0.842. The number of fused-ring (bicyclic) bond motifs is 1. The number of aryl methyl sites for hydroxylation is 1. The maximum absolute atomic E-state index is 13.0. The average molecular weight is 434 g/mol. The number of hydrogen-bond donors (Lipinski definition) is 2. The van der Waals surface area contributed by atoms with Crippen LogP contribution < -0.4 is 20.3 Å². The molecule has 2 fully saturated rings. The predicted octanol–water partition coefficient (Wildman–Crippen LogP) is 3.52. The van der Waals surface area contributed by atoms with Crippen LogP contribution in [0.2, 0.25) is 0 Å². The van der Waals surface area contributed by atoms with Crippen molar-refractivity contribution in [3.63, 3.8) is 0 Å². The molecule has 8 nitrogen and oxygen atoms in total. The van der Waals surface area contributed by atoms with E-state index in [0.717, 1.165) is 29.9 Å². The van der Waals surface area contributed by atoms with E-state index in [-0.39, 0.29) is 17.5 Å². The number of anilines is 2. The lowest BCUT2D eigenvalue weighted by molar-refractivity contribution is -0.121. The number of benzene rings is 2. The van der Waals surface area contributed by atoms with E-state index in [2.05, 4.69) is 16.7 Å². The summed E-state index contributed by atoms with van der Waals surface area (Å²) in [5.74, 6) is 0.576. The molecule has 1 atom stereocenters. The predicted molar refractivity (Wildman–Crippen MR) is 120 cm³/mol. The van der Waals surface area contributed by atoms with Gasteiger partial charge in [0.15, 0.2) is 0 Å². The van der Waals surface area contributed by atoms with Crippen LogP contribution in [0.4, 0.5) is 21.0 Å². The summed E-state index contributed by atoms with van der Waals surface area (Å²) in [7, 11) is 0. The van der Waals surface area contributed by atoms with Crippen molar-refractivity contribution >= 4 is 29.3 Å². The van der Waals surface area contributed by atoms with Gasteiger partial charge in [-0.1, -0.05) is 24.3 Å². The second kappa shape index (κ2) is 7.25. The molecule has 3 aliphatic rings. The van der Waals surface area contributed by atoms with Crippen LogP contribution in [0.1, 0.15) is 32.3 Å². The number of amides is 5. The fourth-order valence-electron chi connectivity index (χ4n) is 4.67. The third-order valence-electron chi connectivity index (χ3n) is 6.47. The topological polar surface area (TPSA) is 91.0 Å². The van der Waals surface area contributed by atoms with Crippen LogP contribution in [0.5, 0.6) is 5.75 Å². The number of nitrogens with zero attached hydrogens (tertiary/aromatic N) is 2. The minimum absolute atomic E-state index is 0.223. The van der Waals surface area contributed by atoms with Crippen LogP contribution >= 0.6 is 0 Å². The Morgan fingerprint density at radius 3 is 2.69 bits per heavy atom. The minimum Gasteiger partial charge on any atom is -0.485 e. The van der Waals surface area contributed by atoms with Crippen molar-refractivity contribution < 1.29 is 19.1 Å². The summed E-state index contributed by atoms with van der Waals surface area (Å²) in [4.78, 5) is 40.7. The molecule has 0 bridgehead atoms. The highest BCUT2D eigenvalue weighted by Gasteiger charge is 2.46. The van der Waals surface area contributed by atoms with Gasteiger partial charge in [-0.2, -0.15) is 0 Å². The summed E-state index contributed by atoms with van der Waals surface area (Å²) in [6.07, 6.45) is 2.60. The Morgan fingerprint density at radius 2 is 1.91 bits per heavy atom. The summed E-state index contributed by atoms with van der Waals surface area (Å²) < 4.78 is 6.33. The van der Waals surface area contributed by atoms with E-state index in [1.165, 1.54) is 5.56 Å². The first kappa shape index (κ1) is 20.4. The molecule has 166 valence electrons. The summed E-state index contributed by atoms with van der Waals surface area (Å²) in [6, 6.07) is 14.1. The average Bonchev–Trinajstić information content (AvgIpc) is 3.25. The number of likely N-dealkylation sites (tertiary alicyclic amines) is 1. The quantitative estimate of drug-likeness (QED) is 0.708. The molecule has 0 saturated carbocycles. The Morgan fingerprint density at radius 1 is 1.09 bits per heavy atom. The smallest absolute Gasteiger partial charge is 0.329 e. The van der Waals surface area contributed by atoms with Crippen LogP contribution in [0, 0.1) is 0 Å². The number of carbonyl (C=O) groups is 3. The lowest BCUT2D eigenvalue weighted by Crippen LogP contribution is -2.44. The van der Waals surface area contributed by atoms with Gasteiger partial charge in [-0.3, -0.25) is 4.79 Å². The number of urea groups is 2. The van der Waals surface area contributed by atoms with Gasteiger partial charge >= 0.3 is 12.1 Å². The SMILES string of the molecule is CC1(C)NC(=O)N(c2cccc(NC(=O)N3CCC4(CCc5ccccc5O4)C3)c2)C1=O. The van der Waals surface area contributed by atoms with Crippen LogP contribution in [0.25, 0.3) is 0 Å². The maximum Gasteiger partial charge on any atom is 0.329 e. The monoisotopic (exact) mass is 434 g/mol. The van der Waals surface area contributed by atoms with Gasteiger partial charge in [-0.05, 0) is 56.5 Å². The molecule has 2 N–H and O–H groups in total. The van der Waals surface area contributed by atoms with Gasteiger partial charge in [0, 0.05) is 18.7 Å². The number of carbonyl (C=O) groups excluding carboxylic acids is 3. The molecule has 8 heteroatoms. The molecule has 0 aromatic heterocycles. The lowest BCUT2D eigenvalue weighted by atomic mass is 9.90. The van der Waals surface area contributed by atoms with Crippen LogP contribution in [0.3, 0.4) is 0 Å². The van der Waals surface area contributed by atoms with Gasteiger partial charge in [-0.15, -0.1) is 0 Å². The van der Waals surface area contributed by atoms with Crippen molar-refractivity contribution in [1.82, 2.24) is 10.2 Å². The molecule has 3 aliphatic heterocycles. The summed E-state index contributed by atoms with van der Waals surface area (Å²) in [5, 5.41) is 5.57. The van der Waals surface area contributed by atoms with Gasteiger partial charge in [-0.25, -0.2) is 14.5 Å². The number of hydrogen-bond acceptors (Lipinski definition) is 4. The molecule has 1 spiro atoms. The Labute approximate surface area is 186 Å². The highest BCUT2D eigenvalue weighted by Crippen LogP contribution is 2.38. The van der Waals surface area contributed by atoms with E-state index in [1.807, 2.05) is 18.2 Å². The molecular weight excluding hydrogens is 408 g/mol. The highest BCUT2D eigenvalue weighted by molar-refractivity contribution is 6.23. The van der Waals surface area contributed by atoms with Crippen molar-refractivity contribution in [2.75, 3.05) is 23.3 Å². The number of rotatable bonds is 2. The second-order valence-corrected chi connectivity index (χ2v) is 9.24. The Kier molecular flexibility index (Phi) is 4.62. The van der Waals surface area contributed by atoms with Gasteiger partial charge in [0.1, 0.15) is 16.9 Å². The van der Waals surface area contributed by atoms with Crippen LogP contribution in [0.15, 0.2) is 48.5 Å². The summed E-state index contributed by atoms with van der Waals surface area (Å²) in [6.45, 7) is 4.45. The van der Waals surface area contributed by atoms with E-state index >= 15 is 0 Å². The largest absolute Gasteiger partial charge is 0.485 e. The maximum atomic E-state index is 13.0. The fourth-order valence-corrected chi connectivity index (χ4v) is 4.67. The molecule has 3 heterocycles. The van der Waals surface area contributed by atoms with Crippen molar-refractivity contribution in [1.29, 1.82) is 0 Å². The van der Waals surface area contributed by atoms with Gasteiger partial charge in [0.25, 0.3) is 5.91 Å². The van der Waals surface area contributed by atoms with Crippen molar-refractivity contribution in [3.8, 4) is 5.75 Å². The first-order valence-electron chi connectivity index (χ1n) is 10.9. The number of imide groups is 1. The first-order valence-corrected chi connectivity index (χ1v) is 10.9. The fraction of sp³-hybridized carbons (Fsp3) is 0.375. The van der Waals surface area contributed by atoms with E-state index in [1.54, 1.807) is 43.0 Å². The van der Waals surface area contributed by atoms with E-state index in [0.29, 0.717) is 24.5 Å².